The van der Waals surface area contributed by atoms with E-state index in [2.05, 4.69) is 26.2 Å². The molecule has 0 saturated heterocycles. The third-order valence-electron chi connectivity index (χ3n) is 3.24. The second kappa shape index (κ2) is 7.15. The van der Waals surface area contributed by atoms with Crippen molar-refractivity contribution in [2.24, 2.45) is 0 Å². The summed E-state index contributed by atoms with van der Waals surface area (Å²) in [6.07, 6.45) is 1.61. The summed E-state index contributed by atoms with van der Waals surface area (Å²) in [7, 11) is 0. The fourth-order valence-corrected chi connectivity index (χ4v) is 2.70. The molecule has 3 rings (SSSR count). The Labute approximate surface area is 150 Å². The number of carbonyl (C=O) groups excluding carboxylic acids is 1. The molecule has 4 nitrogen and oxygen atoms in total. The second-order valence-corrected chi connectivity index (χ2v) is 6.23. The molecule has 0 unspecified atom stereocenters. The third kappa shape index (κ3) is 3.66. The normalized spacial score (nSPS) is 10.6. The van der Waals surface area contributed by atoms with Crippen LogP contribution in [-0.2, 0) is 4.79 Å². The molecule has 1 amide bonds. The molecule has 3 aromatic rings. The lowest BCUT2D eigenvalue weighted by Gasteiger charge is -2.10. The van der Waals surface area contributed by atoms with Crippen molar-refractivity contribution < 1.29 is 13.9 Å². The van der Waals surface area contributed by atoms with Crippen LogP contribution in [0.2, 0.25) is 5.02 Å². The summed E-state index contributed by atoms with van der Waals surface area (Å²) in [5.74, 6) is -0.576. The van der Waals surface area contributed by atoms with Crippen LogP contribution < -0.4 is 10.1 Å². The summed E-state index contributed by atoms with van der Waals surface area (Å²) in [5, 5.41) is 3.74. The van der Waals surface area contributed by atoms with E-state index in [4.69, 9.17) is 16.3 Å². The molecule has 122 valence electrons. The number of amides is 1. The number of fused-ring (bicyclic) bond motifs is 1. The maximum atomic E-state index is 13.7. The maximum absolute atomic E-state index is 13.7. The Balaban J connectivity index is 1.72. The first-order valence-corrected chi connectivity index (χ1v) is 8.12. The van der Waals surface area contributed by atoms with Crippen molar-refractivity contribution in [3.8, 4) is 5.75 Å². The van der Waals surface area contributed by atoms with Crippen LogP contribution in [0.4, 0.5) is 10.1 Å². The number of halogens is 3. The van der Waals surface area contributed by atoms with Crippen LogP contribution >= 0.6 is 27.5 Å². The summed E-state index contributed by atoms with van der Waals surface area (Å²) < 4.78 is 19.8. The number of hydrogen-bond donors (Lipinski definition) is 1. The number of hydrogen-bond acceptors (Lipinski definition) is 3. The second-order valence-electron chi connectivity index (χ2n) is 4.91. The van der Waals surface area contributed by atoms with Crippen molar-refractivity contribution in [1.82, 2.24) is 4.98 Å². The van der Waals surface area contributed by atoms with Gasteiger partial charge in [0.05, 0.1) is 10.7 Å². The fourth-order valence-electron chi connectivity index (χ4n) is 2.15. The van der Waals surface area contributed by atoms with Gasteiger partial charge in [-0.05, 0) is 42.5 Å². The number of aromatic nitrogens is 1. The lowest BCUT2D eigenvalue weighted by atomic mass is 10.2. The van der Waals surface area contributed by atoms with E-state index in [0.29, 0.717) is 20.8 Å². The van der Waals surface area contributed by atoms with Gasteiger partial charge in [-0.2, -0.15) is 0 Å². The minimum atomic E-state index is -0.531. The van der Waals surface area contributed by atoms with Crippen LogP contribution in [0, 0.1) is 5.82 Å². The Morgan fingerprint density at radius 2 is 2.12 bits per heavy atom. The lowest BCUT2D eigenvalue weighted by molar-refractivity contribution is -0.118. The summed E-state index contributed by atoms with van der Waals surface area (Å²) in [6, 6.07) is 11.3. The predicted octanol–water partition coefficient (Wildman–Crippen LogP) is 4.81. The number of nitrogens with zero attached hydrogens (tertiary/aromatic N) is 1. The molecule has 0 atom stereocenters. The van der Waals surface area contributed by atoms with Crippen molar-refractivity contribution in [2.45, 2.75) is 0 Å². The molecule has 1 aromatic heterocycles. The molecule has 0 spiro atoms. The van der Waals surface area contributed by atoms with Gasteiger partial charge in [0.2, 0.25) is 0 Å². The van der Waals surface area contributed by atoms with Gasteiger partial charge in [-0.15, -0.1) is 0 Å². The van der Waals surface area contributed by atoms with Gasteiger partial charge in [-0.3, -0.25) is 9.78 Å². The van der Waals surface area contributed by atoms with Gasteiger partial charge in [-0.25, -0.2) is 4.39 Å². The summed E-state index contributed by atoms with van der Waals surface area (Å²) >= 11 is 9.27. The Bertz CT molecular complexity index is 920. The molecule has 0 radical (unpaired) electrons. The van der Waals surface area contributed by atoms with E-state index >= 15 is 0 Å². The highest BCUT2D eigenvalue weighted by Gasteiger charge is 2.11. The standard InChI is InChI=1S/C17H11BrClFN2O2/c18-10-3-5-14(13(20)8-10)22-16(23)9-24-15-6-4-12(19)11-2-1-7-21-17(11)15/h1-8H,9H2,(H,22,23). The Hall–Kier alpha value is -2.18. The zero-order chi connectivity index (χ0) is 17.1. The van der Waals surface area contributed by atoms with Crippen LogP contribution in [0.25, 0.3) is 10.9 Å². The van der Waals surface area contributed by atoms with Gasteiger partial charge >= 0.3 is 0 Å². The first-order valence-electron chi connectivity index (χ1n) is 6.95. The molecular weight excluding hydrogens is 399 g/mol. The van der Waals surface area contributed by atoms with Crippen LogP contribution in [0.1, 0.15) is 0 Å². The van der Waals surface area contributed by atoms with Crippen molar-refractivity contribution in [1.29, 1.82) is 0 Å². The highest BCUT2D eigenvalue weighted by molar-refractivity contribution is 9.10. The van der Waals surface area contributed by atoms with Crippen LogP contribution in [0.3, 0.4) is 0 Å². The largest absolute Gasteiger partial charge is 0.481 e. The topological polar surface area (TPSA) is 51.2 Å². The van der Waals surface area contributed by atoms with Gasteiger partial charge < -0.3 is 10.1 Å². The summed E-state index contributed by atoms with van der Waals surface area (Å²) in [5.41, 5.74) is 0.651. The predicted molar refractivity (Wildman–Crippen MR) is 95.0 cm³/mol. The molecule has 0 saturated carbocycles. The van der Waals surface area contributed by atoms with Crippen LogP contribution in [0.5, 0.6) is 5.75 Å². The third-order valence-corrected chi connectivity index (χ3v) is 4.07. The maximum Gasteiger partial charge on any atom is 0.262 e. The first kappa shape index (κ1) is 16.7. The van der Waals surface area contributed by atoms with E-state index in [0.717, 1.165) is 5.39 Å². The van der Waals surface area contributed by atoms with E-state index in [1.54, 1.807) is 30.5 Å². The molecule has 1 N–H and O–H groups in total. The van der Waals surface area contributed by atoms with Gasteiger partial charge in [0.25, 0.3) is 5.91 Å². The van der Waals surface area contributed by atoms with Gasteiger partial charge in [0, 0.05) is 16.1 Å². The number of nitrogens with one attached hydrogen (secondary N) is 1. The van der Waals surface area contributed by atoms with Gasteiger partial charge in [0.1, 0.15) is 17.1 Å². The molecule has 0 aliphatic rings. The molecule has 7 heteroatoms. The first-order chi connectivity index (χ1) is 11.5. The molecule has 0 aliphatic carbocycles. The number of benzene rings is 2. The number of anilines is 1. The number of carbonyl (C=O) groups is 1. The van der Waals surface area contributed by atoms with Crippen LogP contribution in [-0.4, -0.2) is 17.5 Å². The molecule has 0 fully saturated rings. The van der Waals surface area contributed by atoms with E-state index in [1.807, 2.05) is 6.07 Å². The smallest absolute Gasteiger partial charge is 0.262 e. The molecule has 2 aromatic carbocycles. The minimum absolute atomic E-state index is 0.0888. The van der Waals surface area contributed by atoms with E-state index in [9.17, 15) is 9.18 Å². The fraction of sp³-hybridized carbons (Fsp3) is 0.0588. The quantitative estimate of drug-likeness (QED) is 0.673. The Morgan fingerprint density at radius 1 is 1.29 bits per heavy atom. The van der Waals surface area contributed by atoms with E-state index < -0.39 is 11.7 Å². The van der Waals surface area contributed by atoms with Crippen molar-refractivity contribution in [2.75, 3.05) is 11.9 Å². The van der Waals surface area contributed by atoms with E-state index in [-0.39, 0.29) is 12.3 Å². The van der Waals surface area contributed by atoms with E-state index in [1.165, 1.54) is 12.1 Å². The zero-order valence-corrected chi connectivity index (χ0v) is 14.6. The number of pyridine rings is 1. The average molecular weight is 410 g/mol. The van der Waals surface area contributed by atoms with Crippen LogP contribution in [0.15, 0.2) is 53.1 Å². The monoisotopic (exact) mass is 408 g/mol. The number of ether oxygens (including phenoxy) is 1. The molecule has 24 heavy (non-hydrogen) atoms. The minimum Gasteiger partial charge on any atom is -0.481 e. The van der Waals surface area contributed by atoms with Crippen molar-refractivity contribution >= 4 is 50.0 Å². The Morgan fingerprint density at radius 3 is 2.92 bits per heavy atom. The zero-order valence-electron chi connectivity index (χ0n) is 12.2. The molecular formula is C17H11BrClFN2O2. The SMILES string of the molecule is O=C(COc1ccc(Cl)c2cccnc12)Nc1ccc(Br)cc1F. The molecule has 1 heterocycles. The summed E-state index contributed by atoms with van der Waals surface area (Å²) in [6.45, 7) is -0.275. The highest BCUT2D eigenvalue weighted by Crippen LogP contribution is 2.29. The highest BCUT2D eigenvalue weighted by atomic mass is 79.9. The summed E-state index contributed by atoms with van der Waals surface area (Å²) in [4.78, 5) is 16.2. The average Bonchev–Trinajstić information content (AvgIpc) is 2.57. The molecule has 0 aliphatic heterocycles. The Kier molecular flexibility index (Phi) is 4.97. The van der Waals surface area contributed by atoms with Crippen molar-refractivity contribution in [3.63, 3.8) is 0 Å². The van der Waals surface area contributed by atoms with Gasteiger partial charge in [-0.1, -0.05) is 27.5 Å². The molecule has 0 bridgehead atoms. The van der Waals surface area contributed by atoms with Crippen molar-refractivity contribution in [3.05, 3.63) is 64.0 Å². The lowest BCUT2D eigenvalue weighted by Crippen LogP contribution is -2.20. The van der Waals surface area contributed by atoms with Gasteiger partial charge in [0.15, 0.2) is 6.61 Å². The number of rotatable bonds is 4.